The van der Waals surface area contributed by atoms with Gasteiger partial charge in [0, 0.05) is 11.0 Å². The largest absolute Gasteiger partial charge is 0.497 e. The molecule has 0 aliphatic carbocycles. The van der Waals surface area contributed by atoms with Gasteiger partial charge in [0.05, 0.1) is 12.0 Å². The molecule has 0 radical (unpaired) electrons. The molecule has 0 unspecified atom stereocenters. The summed E-state index contributed by atoms with van der Waals surface area (Å²) in [5, 5.41) is 8.92. The molecule has 9 heteroatoms. The summed E-state index contributed by atoms with van der Waals surface area (Å²) < 4.78 is 33.1. The van der Waals surface area contributed by atoms with Crippen LogP contribution in [0.25, 0.3) is 0 Å². The van der Waals surface area contributed by atoms with Gasteiger partial charge in [0.15, 0.2) is 0 Å². The molecule has 0 heterocycles. The summed E-state index contributed by atoms with van der Waals surface area (Å²) in [6.45, 7) is 1.37. The molecule has 0 saturated heterocycles. The van der Waals surface area contributed by atoms with E-state index in [1.807, 2.05) is 6.07 Å². The molecule has 1 atom stereocenters. The lowest BCUT2D eigenvalue weighted by Crippen LogP contribution is -2.46. The number of methoxy groups -OCH3 is 1. The summed E-state index contributed by atoms with van der Waals surface area (Å²) in [6, 6.07) is 11.9. The fourth-order valence-electron chi connectivity index (χ4n) is 2.35. The lowest BCUT2D eigenvalue weighted by Gasteiger charge is -2.27. The molecule has 0 bridgehead atoms. The summed E-state index contributed by atoms with van der Waals surface area (Å²) in [4.78, 5) is 11.9. The van der Waals surface area contributed by atoms with E-state index >= 15 is 0 Å². The van der Waals surface area contributed by atoms with Crippen molar-refractivity contribution in [2.24, 2.45) is 0 Å². The second kappa shape index (κ2) is 8.63. The van der Waals surface area contributed by atoms with Crippen LogP contribution in [0.4, 0.5) is 0 Å². The summed E-state index contributed by atoms with van der Waals surface area (Å²) in [6.07, 6.45) is 0. The Morgan fingerprint density at radius 2 is 1.92 bits per heavy atom. The van der Waals surface area contributed by atoms with Gasteiger partial charge in [0.25, 0.3) is 5.91 Å². The highest BCUT2D eigenvalue weighted by Crippen LogP contribution is 2.24. The third-order valence-electron chi connectivity index (χ3n) is 3.82. The van der Waals surface area contributed by atoms with Crippen LogP contribution in [-0.2, 0) is 21.4 Å². The van der Waals surface area contributed by atoms with Crippen LogP contribution in [0, 0.1) is 0 Å². The Hall–Kier alpha value is -1.94. The minimum absolute atomic E-state index is 0.0193. The van der Waals surface area contributed by atoms with E-state index in [4.69, 9.17) is 9.94 Å². The lowest BCUT2D eigenvalue weighted by atomic mass is 10.2. The van der Waals surface area contributed by atoms with Crippen molar-refractivity contribution in [3.63, 3.8) is 0 Å². The van der Waals surface area contributed by atoms with Gasteiger partial charge in [-0.05, 0) is 48.9 Å². The van der Waals surface area contributed by atoms with Gasteiger partial charge in [-0.3, -0.25) is 10.0 Å². The molecule has 0 aromatic heterocycles. The molecule has 0 aliphatic heterocycles. The minimum atomic E-state index is -4.00. The van der Waals surface area contributed by atoms with Crippen molar-refractivity contribution in [2.45, 2.75) is 24.4 Å². The number of amides is 1. The Morgan fingerprint density at radius 3 is 2.46 bits per heavy atom. The molecule has 0 fully saturated rings. The van der Waals surface area contributed by atoms with Crippen LogP contribution in [0.1, 0.15) is 12.5 Å². The monoisotopic (exact) mass is 442 g/mol. The smallest absolute Gasteiger partial charge is 0.261 e. The Balaban J connectivity index is 2.45. The maximum atomic E-state index is 13.1. The van der Waals surface area contributed by atoms with Crippen molar-refractivity contribution in [3.8, 4) is 5.75 Å². The average molecular weight is 443 g/mol. The van der Waals surface area contributed by atoms with E-state index in [-0.39, 0.29) is 11.4 Å². The van der Waals surface area contributed by atoms with E-state index in [1.54, 1.807) is 18.2 Å². The number of carbonyl (C=O) groups is 1. The number of halogens is 1. The van der Waals surface area contributed by atoms with Crippen LogP contribution in [0.5, 0.6) is 5.75 Å². The van der Waals surface area contributed by atoms with Gasteiger partial charge in [-0.15, -0.1) is 0 Å². The van der Waals surface area contributed by atoms with Crippen molar-refractivity contribution < 1.29 is 23.2 Å². The van der Waals surface area contributed by atoms with Gasteiger partial charge in [-0.2, -0.15) is 4.31 Å². The fraction of sp³-hybridized carbons (Fsp3) is 0.235. The van der Waals surface area contributed by atoms with Crippen LogP contribution in [0.15, 0.2) is 57.9 Å². The second-order valence-corrected chi connectivity index (χ2v) is 8.31. The first-order valence-corrected chi connectivity index (χ1v) is 9.87. The summed E-state index contributed by atoms with van der Waals surface area (Å²) in [7, 11) is -2.52. The molecule has 140 valence electrons. The van der Waals surface area contributed by atoms with E-state index < -0.39 is 22.0 Å². The highest BCUT2D eigenvalue weighted by molar-refractivity contribution is 9.10. The number of sulfonamides is 1. The van der Waals surface area contributed by atoms with E-state index in [0.29, 0.717) is 11.3 Å². The van der Waals surface area contributed by atoms with Crippen LogP contribution in [0.3, 0.4) is 0 Å². The first kappa shape index (κ1) is 20.4. The van der Waals surface area contributed by atoms with E-state index in [1.165, 1.54) is 43.8 Å². The highest BCUT2D eigenvalue weighted by atomic mass is 79.9. The van der Waals surface area contributed by atoms with Gasteiger partial charge < -0.3 is 4.74 Å². The molecule has 26 heavy (non-hydrogen) atoms. The number of carbonyl (C=O) groups excluding carboxylic acids is 1. The molecule has 2 N–H and O–H groups in total. The molecule has 2 aromatic rings. The Bertz CT molecular complexity index is 871. The number of hydrogen-bond acceptors (Lipinski definition) is 5. The molecule has 2 aromatic carbocycles. The summed E-state index contributed by atoms with van der Waals surface area (Å²) in [5.74, 6) is -0.305. The normalized spacial score (nSPS) is 12.7. The van der Waals surface area contributed by atoms with E-state index in [9.17, 15) is 13.2 Å². The Kier molecular flexibility index (Phi) is 6.76. The first-order chi connectivity index (χ1) is 12.3. The zero-order chi connectivity index (χ0) is 19.3. The predicted molar refractivity (Wildman–Crippen MR) is 99.3 cm³/mol. The molecule has 0 spiro atoms. The van der Waals surface area contributed by atoms with Crippen molar-refractivity contribution >= 4 is 31.9 Å². The van der Waals surface area contributed by atoms with Gasteiger partial charge in [-0.1, -0.05) is 28.1 Å². The van der Waals surface area contributed by atoms with Crippen LogP contribution in [-0.4, -0.2) is 37.0 Å². The number of benzene rings is 2. The third-order valence-corrected chi connectivity index (χ3v) is 6.24. The molecule has 1 amide bonds. The summed E-state index contributed by atoms with van der Waals surface area (Å²) >= 11 is 3.34. The number of rotatable bonds is 7. The molecule has 0 aliphatic rings. The predicted octanol–water partition coefficient (Wildman–Crippen LogP) is 2.54. The topological polar surface area (TPSA) is 95.9 Å². The third kappa shape index (κ3) is 4.61. The maximum Gasteiger partial charge on any atom is 0.261 e. The van der Waals surface area contributed by atoms with Crippen molar-refractivity contribution in [2.75, 3.05) is 7.11 Å². The number of hydrogen-bond donors (Lipinski definition) is 2. The number of nitrogens with zero attached hydrogens (tertiary/aromatic N) is 1. The molecular formula is C17H19BrN2O5S. The van der Waals surface area contributed by atoms with Crippen molar-refractivity contribution in [3.05, 3.63) is 58.6 Å². The zero-order valence-electron chi connectivity index (χ0n) is 14.2. The molecule has 7 nitrogen and oxygen atoms in total. The quantitative estimate of drug-likeness (QED) is 0.507. The van der Waals surface area contributed by atoms with Crippen LogP contribution >= 0.6 is 15.9 Å². The van der Waals surface area contributed by atoms with Crippen LogP contribution in [0.2, 0.25) is 0 Å². The SMILES string of the molecule is COc1ccc(S(=O)(=O)N(Cc2cccc(Br)c2)[C@H](C)C(=O)NO)cc1. The van der Waals surface area contributed by atoms with E-state index in [2.05, 4.69) is 15.9 Å². The second-order valence-electron chi connectivity index (χ2n) is 5.51. The minimum Gasteiger partial charge on any atom is -0.497 e. The number of hydroxylamine groups is 1. The standard InChI is InChI=1S/C17H19BrN2O5S/c1-12(17(21)19-22)20(11-13-4-3-5-14(18)10-13)26(23,24)16-8-6-15(25-2)7-9-16/h3-10,12,22H,11H2,1-2H3,(H,19,21)/t12-/m1/s1. The van der Waals surface area contributed by atoms with Crippen molar-refractivity contribution in [1.29, 1.82) is 0 Å². The maximum absolute atomic E-state index is 13.1. The Morgan fingerprint density at radius 1 is 1.27 bits per heavy atom. The van der Waals surface area contributed by atoms with E-state index in [0.717, 1.165) is 8.78 Å². The van der Waals surface area contributed by atoms with Gasteiger partial charge in [0.1, 0.15) is 11.8 Å². The van der Waals surface area contributed by atoms with Gasteiger partial charge >= 0.3 is 0 Å². The van der Waals surface area contributed by atoms with Crippen LogP contribution < -0.4 is 10.2 Å². The fourth-order valence-corrected chi connectivity index (χ4v) is 4.38. The molecule has 0 saturated carbocycles. The highest BCUT2D eigenvalue weighted by Gasteiger charge is 2.33. The summed E-state index contributed by atoms with van der Waals surface area (Å²) in [5.41, 5.74) is 2.20. The first-order valence-electron chi connectivity index (χ1n) is 7.64. The Labute approximate surface area is 160 Å². The average Bonchev–Trinajstić information content (AvgIpc) is 2.64. The molecular weight excluding hydrogens is 424 g/mol. The van der Waals surface area contributed by atoms with Gasteiger partial charge in [-0.25, -0.2) is 13.9 Å². The zero-order valence-corrected chi connectivity index (χ0v) is 16.6. The van der Waals surface area contributed by atoms with Crippen molar-refractivity contribution in [1.82, 2.24) is 9.79 Å². The number of nitrogens with one attached hydrogen (secondary N) is 1. The lowest BCUT2D eigenvalue weighted by molar-refractivity contribution is -0.132. The molecule has 2 rings (SSSR count). The number of ether oxygens (including phenoxy) is 1. The van der Waals surface area contributed by atoms with Gasteiger partial charge in [0.2, 0.25) is 10.0 Å².